The summed E-state index contributed by atoms with van der Waals surface area (Å²) in [6.45, 7) is 14.4. The largest absolute Gasteiger partial charge is 0.395 e. The van der Waals surface area contributed by atoms with Crippen LogP contribution in [0.5, 0.6) is 0 Å². The van der Waals surface area contributed by atoms with Gasteiger partial charge in [-0.15, -0.1) is 0 Å². The van der Waals surface area contributed by atoms with Gasteiger partial charge in [0.25, 0.3) is 0 Å². The van der Waals surface area contributed by atoms with Gasteiger partial charge in [0, 0.05) is 45.8 Å². The van der Waals surface area contributed by atoms with E-state index in [2.05, 4.69) is 36.1 Å². The highest BCUT2D eigenvalue weighted by atomic mass is 16.4. The number of aliphatic hydroxyl groups excluding tert-OH is 4. The zero-order chi connectivity index (χ0) is 29.4. The topological polar surface area (TPSA) is 190 Å². The van der Waals surface area contributed by atoms with Gasteiger partial charge in [-0.25, -0.2) is 5.90 Å². The number of hydrogen-bond acceptors (Lipinski definition) is 13. The van der Waals surface area contributed by atoms with Gasteiger partial charge in [0.05, 0.1) is 31.7 Å². The normalized spacial score (nSPS) is 26.8. The number of aliphatic hydroxyl groups is 4. The number of rotatable bonds is 6. The highest BCUT2D eigenvalue weighted by Crippen LogP contribution is 2.18. The van der Waals surface area contributed by atoms with Crippen LogP contribution >= 0.6 is 0 Å². The second-order valence-electron chi connectivity index (χ2n) is 11.0. The number of nitrogens with one attached hydrogen (secondary N) is 2. The summed E-state index contributed by atoms with van der Waals surface area (Å²) in [7, 11) is 0. The van der Waals surface area contributed by atoms with Crippen LogP contribution in [0.1, 0.15) is 51.4 Å². The monoisotopic (exact) mass is 578 g/mol. The molecule has 5 aliphatic rings. The summed E-state index contributed by atoms with van der Waals surface area (Å²) in [6.07, 6.45) is 9.73. The van der Waals surface area contributed by atoms with E-state index in [4.69, 9.17) is 26.3 Å². The van der Waals surface area contributed by atoms with Crippen LogP contribution in [0, 0.1) is 0 Å². The van der Waals surface area contributed by atoms with E-state index in [1.165, 1.54) is 45.2 Å². The lowest BCUT2D eigenvalue weighted by atomic mass is 10.1. The predicted molar refractivity (Wildman–Crippen MR) is 159 cm³/mol. The van der Waals surface area contributed by atoms with Crippen molar-refractivity contribution in [2.45, 2.75) is 69.7 Å². The van der Waals surface area contributed by atoms with Crippen molar-refractivity contribution in [2.75, 3.05) is 105 Å². The molecule has 2 atom stereocenters. The fourth-order valence-electron chi connectivity index (χ4n) is 5.57. The number of piperazine rings is 1. The van der Waals surface area contributed by atoms with Gasteiger partial charge in [0.2, 0.25) is 0 Å². The van der Waals surface area contributed by atoms with Crippen molar-refractivity contribution in [1.82, 2.24) is 30.2 Å². The Morgan fingerprint density at radius 1 is 0.675 bits per heavy atom. The molecular formula is C27H62N8O5. The zero-order valence-corrected chi connectivity index (χ0v) is 24.9. The third kappa shape index (κ3) is 16.8. The van der Waals surface area contributed by atoms with E-state index in [0.717, 1.165) is 97.8 Å². The molecule has 13 heteroatoms. The third-order valence-corrected chi connectivity index (χ3v) is 7.93. The van der Waals surface area contributed by atoms with Crippen molar-refractivity contribution < 1.29 is 25.6 Å². The van der Waals surface area contributed by atoms with E-state index in [0.29, 0.717) is 6.17 Å². The number of nitrogens with zero attached hydrogens (tertiary/aromatic N) is 4. The van der Waals surface area contributed by atoms with E-state index >= 15 is 0 Å². The molecule has 5 rings (SSSR count). The van der Waals surface area contributed by atoms with Crippen molar-refractivity contribution >= 4 is 0 Å². The lowest BCUT2D eigenvalue weighted by molar-refractivity contribution is -0.0562. The zero-order valence-electron chi connectivity index (χ0n) is 24.9. The van der Waals surface area contributed by atoms with Gasteiger partial charge in [0.15, 0.2) is 0 Å². The van der Waals surface area contributed by atoms with Crippen LogP contribution < -0.4 is 22.3 Å². The van der Waals surface area contributed by atoms with E-state index in [9.17, 15) is 5.11 Å². The van der Waals surface area contributed by atoms with Crippen molar-refractivity contribution in [3.63, 3.8) is 0 Å². The van der Waals surface area contributed by atoms with Gasteiger partial charge < -0.3 is 46.9 Å². The summed E-state index contributed by atoms with van der Waals surface area (Å²) in [5, 5.41) is 48.6. The fraction of sp³-hybridized carbons (Fsp3) is 1.00. The predicted octanol–water partition coefficient (Wildman–Crippen LogP) is -2.20. The molecule has 5 saturated heterocycles. The lowest BCUT2D eigenvalue weighted by Gasteiger charge is -2.47. The molecule has 5 fully saturated rings. The van der Waals surface area contributed by atoms with Crippen LogP contribution in [0.3, 0.4) is 0 Å². The molecule has 0 amide bonds. The Kier molecular flexibility index (Phi) is 23.5. The first-order chi connectivity index (χ1) is 19.6. The molecule has 13 nitrogen and oxygen atoms in total. The van der Waals surface area contributed by atoms with Crippen molar-refractivity contribution in [1.29, 1.82) is 0 Å². The molecule has 0 saturated carbocycles. The average Bonchev–Trinajstić information content (AvgIpc) is 3.71. The average molecular weight is 579 g/mol. The van der Waals surface area contributed by atoms with Crippen LogP contribution in [0.2, 0.25) is 0 Å². The molecule has 0 aromatic carbocycles. The minimum Gasteiger partial charge on any atom is -0.395 e. The molecule has 11 N–H and O–H groups in total. The fourth-order valence-corrected chi connectivity index (χ4v) is 5.57. The molecule has 0 aromatic rings. The number of β-amino-alcohol motifs (C(OH)–C–C–N with tert-alkyl or cyclic N) is 2. The van der Waals surface area contributed by atoms with E-state index < -0.39 is 0 Å². The summed E-state index contributed by atoms with van der Waals surface area (Å²) >= 11 is 0. The van der Waals surface area contributed by atoms with Gasteiger partial charge >= 0.3 is 0 Å². The van der Waals surface area contributed by atoms with Gasteiger partial charge in [-0.3, -0.25) is 14.7 Å². The summed E-state index contributed by atoms with van der Waals surface area (Å²) in [5.74, 6) is 3.50. The Hall–Kier alpha value is -0.520. The van der Waals surface area contributed by atoms with Gasteiger partial charge in [-0.2, -0.15) is 0 Å². The summed E-state index contributed by atoms with van der Waals surface area (Å²) in [4.78, 5) is 9.38. The lowest BCUT2D eigenvalue weighted by Crippen LogP contribution is -2.61. The van der Waals surface area contributed by atoms with E-state index in [1.54, 1.807) is 0 Å². The van der Waals surface area contributed by atoms with Gasteiger partial charge in [0.1, 0.15) is 0 Å². The van der Waals surface area contributed by atoms with Crippen LogP contribution in [0.25, 0.3) is 0 Å². The van der Waals surface area contributed by atoms with Crippen LogP contribution in [-0.4, -0.2) is 169 Å². The third-order valence-electron chi connectivity index (χ3n) is 7.93. The number of likely N-dealkylation sites (tertiary alicyclic amines) is 2. The number of hydrogen-bond donors (Lipinski definition) is 9. The second-order valence-corrected chi connectivity index (χ2v) is 11.0. The van der Waals surface area contributed by atoms with E-state index in [-0.39, 0.29) is 25.5 Å². The van der Waals surface area contributed by atoms with E-state index in [1.807, 2.05) is 0 Å². The summed E-state index contributed by atoms with van der Waals surface area (Å²) in [5.41, 5.74) is 5.37. The standard InChI is InChI=1S/C12H25N3O2.C6H14N2.C5H11NO.C4H9NO.H3NO/c16-9-8-15-7-6-13(11-17)10-12(15)14-4-2-1-3-5-14;7-3-6-8-4-1-2-5-8;7-5-1-3-6-4-2-5;6-4-1-2-5-3-4;1-2/h12,16-17H,1-11H2;1-7H2;5-7H,1-4H2;4-6H,1-3H2;2H,1H2. The Labute approximate surface area is 242 Å². The first kappa shape index (κ1) is 37.5. The maximum Gasteiger partial charge on any atom is 0.0957 e. The Balaban J connectivity index is 0.000000290. The minimum atomic E-state index is -0.0648. The molecule has 40 heavy (non-hydrogen) atoms. The first-order valence-electron chi connectivity index (χ1n) is 15.4. The quantitative estimate of drug-likeness (QED) is 0.155. The molecule has 0 aliphatic carbocycles. The first-order valence-corrected chi connectivity index (χ1v) is 15.4. The number of nitrogens with two attached hydrogens (primary N) is 2. The smallest absolute Gasteiger partial charge is 0.0957 e. The van der Waals surface area contributed by atoms with Crippen LogP contribution in [0.4, 0.5) is 0 Å². The van der Waals surface area contributed by atoms with Crippen LogP contribution in [0.15, 0.2) is 0 Å². The summed E-state index contributed by atoms with van der Waals surface area (Å²) < 4.78 is 0. The molecule has 5 aliphatic heterocycles. The maximum absolute atomic E-state index is 9.26. The molecule has 0 radical (unpaired) electrons. The van der Waals surface area contributed by atoms with Crippen molar-refractivity contribution in [3.8, 4) is 0 Å². The minimum absolute atomic E-state index is 0.0266. The van der Waals surface area contributed by atoms with Crippen LogP contribution in [-0.2, 0) is 0 Å². The van der Waals surface area contributed by atoms with Crippen molar-refractivity contribution in [3.05, 3.63) is 0 Å². The Morgan fingerprint density at radius 2 is 1.27 bits per heavy atom. The molecule has 240 valence electrons. The molecular weight excluding hydrogens is 516 g/mol. The van der Waals surface area contributed by atoms with Crippen molar-refractivity contribution in [2.24, 2.45) is 11.6 Å². The highest BCUT2D eigenvalue weighted by Gasteiger charge is 2.31. The molecule has 0 spiro atoms. The second kappa shape index (κ2) is 25.0. The molecule has 0 aromatic heterocycles. The van der Waals surface area contributed by atoms with Gasteiger partial charge in [-0.05, 0) is 90.8 Å². The highest BCUT2D eigenvalue weighted by molar-refractivity contribution is 4.83. The Morgan fingerprint density at radius 3 is 1.73 bits per heavy atom. The Bertz CT molecular complexity index is 542. The van der Waals surface area contributed by atoms with Gasteiger partial charge in [-0.1, -0.05) is 6.42 Å². The molecule has 0 bridgehead atoms. The number of piperidine rings is 2. The maximum atomic E-state index is 9.26. The summed E-state index contributed by atoms with van der Waals surface area (Å²) in [6, 6.07) is 0. The molecule has 5 heterocycles. The molecule has 2 unspecified atom stereocenters. The SMILES string of the molecule is NCCN1CCCC1.NO.OC1CCNC1.OC1CCNCC1.OCCN1CCN(CO)CC1N1CCCCC1.